The number of amides is 3. The minimum Gasteiger partial charge on any atom is -0.444 e. The second kappa shape index (κ2) is 11.7. The van der Waals surface area contributed by atoms with Crippen molar-refractivity contribution >= 4 is 29.7 Å². The monoisotopic (exact) mass is 437 g/mol. The molecule has 0 spiro atoms. The number of alkyl carbamates (subject to hydrolysis) is 1. The Morgan fingerprint density at radius 2 is 1.72 bits per heavy atom. The van der Waals surface area contributed by atoms with Gasteiger partial charge in [-0.15, -0.1) is 0 Å². The van der Waals surface area contributed by atoms with E-state index in [9.17, 15) is 14.4 Å². The summed E-state index contributed by atoms with van der Waals surface area (Å²) in [6, 6.07) is 15.1. The lowest BCUT2D eigenvalue weighted by Gasteiger charge is -2.19. The fourth-order valence-corrected chi connectivity index (χ4v) is 2.72. The molecule has 0 bridgehead atoms. The Morgan fingerprint density at radius 3 is 2.38 bits per heavy atom. The zero-order valence-electron chi connectivity index (χ0n) is 19.0. The van der Waals surface area contributed by atoms with Crippen LogP contribution >= 0.6 is 0 Å². The van der Waals surface area contributed by atoms with E-state index in [1.807, 2.05) is 43.3 Å². The molecular weight excluding hydrogens is 406 g/mol. The topological polar surface area (TPSA) is 96.5 Å². The molecule has 7 heteroatoms. The molecule has 2 aromatic carbocycles. The van der Waals surface area contributed by atoms with Crippen LogP contribution in [0.3, 0.4) is 0 Å². The van der Waals surface area contributed by atoms with Crippen LogP contribution in [0.1, 0.15) is 43.9 Å². The number of aryl methyl sites for hydroxylation is 1. The quantitative estimate of drug-likeness (QED) is 0.540. The molecule has 0 atom stereocenters. The van der Waals surface area contributed by atoms with Crippen molar-refractivity contribution in [1.29, 1.82) is 0 Å². The summed E-state index contributed by atoms with van der Waals surface area (Å²) in [6.07, 6.45) is 2.87. The number of nitrogens with one attached hydrogen (secondary N) is 3. The zero-order chi connectivity index (χ0) is 23.6. The molecule has 3 amide bonds. The normalized spacial score (nSPS) is 11.1. The lowest BCUT2D eigenvalue weighted by Crippen LogP contribution is -2.35. The van der Waals surface area contributed by atoms with E-state index >= 15 is 0 Å². The smallest absolute Gasteiger partial charge is 0.407 e. The van der Waals surface area contributed by atoms with Gasteiger partial charge in [0.25, 0.3) is 0 Å². The summed E-state index contributed by atoms with van der Waals surface area (Å²) in [5.41, 5.74) is 3.09. The zero-order valence-corrected chi connectivity index (χ0v) is 19.0. The Balaban J connectivity index is 1.71. The summed E-state index contributed by atoms with van der Waals surface area (Å²) in [7, 11) is 0. The number of rotatable bonds is 8. The Labute approximate surface area is 189 Å². The maximum absolute atomic E-state index is 12.1. The molecule has 0 radical (unpaired) electrons. The van der Waals surface area contributed by atoms with Crippen LogP contribution in [-0.4, -0.2) is 30.1 Å². The van der Waals surface area contributed by atoms with Crippen LogP contribution in [0, 0.1) is 6.92 Å². The first-order valence-corrected chi connectivity index (χ1v) is 10.5. The Hall–Kier alpha value is -3.61. The van der Waals surface area contributed by atoms with Crippen molar-refractivity contribution in [1.82, 2.24) is 10.6 Å². The van der Waals surface area contributed by atoms with E-state index < -0.39 is 11.7 Å². The summed E-state index contributed by atoms with van der Waals surface area (Å²) < 4.78 is 5.11. The molecule has 0 aliphatic carbocycles. The van der Waals surface area contributed by atoms with E-state index in [2.05, 4.69) is 16.0 Å². The van der Waals surface area contributed by atoms with Gasteiger partial charge in [0.05, 0.1) is 0 Å². The molecule has 2 aromatic rings. The molecular formula is C25H31N3O4. The molecule has 7 nitrogen and oxygen atoms in total. The van der Waals surface area contributed by atoms with Gasteiger partial charge in [-0.3, -0.25) is 9.59 Å². The highest BCUT2D eigenvalue weighted by atomic mass is 16.6. The summed E-state index contributed by atoms with van der Waals surface area (Å²) in [5.74, 6) is -0.398. The van der Waals surface area contributed by atoms with Crippen LogP contribution in [0.5, 0.6) is 0 Å². The first kappa shape index (κ1) is 24.7. The van der Waals surface area contributed by atoms with E-state index in [1.165, 1.54) is 6.08 Å². The highest BCUT2D eigenvalue weighted by molar-refractivity contribution is 6.01. The predicted octanol–water partition coefficient (Wildman–Crippen LogP) is 4.18. The summed E-state index contributed by atoms with van der Waals surface area (Å²) in [5, 5.41) is 8.15. The first-order chi connectivity index (χ1) is 15.1. The third-order valence-electron chi connectivity index (χ3n) is 4.20. The summed E-state index contributed by atoms with van der Waals surface area (Å²) in [4.78, 5) is 35.6. The van der Waals surface area contributed by atoms with Crippen LogP contribution in [0.4, 0.5) is 10.5 Å². The maximum atomic E-state index is 12.1. The molecule has 0 aliphatic rings. The summed E-state index contributed by atoms with van der Waals surface area (Å²) in [6.45, 7) is 7.88. The van der Waals surface area contributed by atoms with Gasteiger partial charge in [-0.05, 0) is 57.0 Å². The minimum absolute atomic E-state index is 0.153. The second-order valence-corrected chi connectivity index (χ2v) is 8.39. The molecule has 32 heavy (non-hydrogen) atoms. The number of carbonyl (C=O) groups excluding carboxylic acids is 3. The highest BCUT2D eigenvalue weighted by Gasteiger charge is 2.15. The number of hydrogen-bond acceptors (Lipinski definition) is 4. The van der Waals surface area contributed by atoms with Crippen molar-refractivity contribution < 1.29 is 19.1 Å². The average Bonchev–Trinajstić information content (AvgIpc) is 2.70. The van der Waals surface area contributed by atoms with Crippen LogP contribution in [-0.2, 0) is 20.9 Å². The second-order valence-electron chi connectivity index (χ2n) is 8.39. The third kappa shape index (κ3) is 9.93. The molecule has 3 N–H and O–H groups in total. The van der Waals surface area contributed by atoms with Crippen LogP contribution in [0.25, 0.3) is 6.08 Å². The van der Waals surface area contributed by atoms with Crippen molar-refractivity contribution in [3.63, 3.8) is 0 Å². The standard InChI is InChI=1S/C25H31N3O4/c1-18-6-5-7-19(16-18)10-13-23(30)28-21-11-8-20(9-12-21)17-27-22(29)14-15-26-24(31)32-25(2,3)4/h5-13,16H,14-15,17H2,1-4H3,(H,26,31)(H,27,29)(H,28,30)/b13-10+. The molecule has 0 saturated carbocycles. The van der Waals surface area contributed by atoms with E-state index in [-0.39, 0.29) is 24.8 Å². The fraction of sp³-hybridized carbons (Fsp3) is 0.320. The molecule has 0 heterocycles. The van der Waals surface area contributed by atoms with E-state index in [0.29, 0.717) is 12.2 Å². The van der Waals surface area contributed by atoms with Gasteiger partial charge in [-0.25, -0.2) is 4.79 Å². The first-order valence-electron chi connectivity index (χ1n) is 10.5. The van der Waals surface area contributed by atoms with Gasteiger partial charge in [0.1, 0.15) is 5.60 Å². The van der Waals surface area contributed by atoms with Gasteiger partial charge < -0.3 is 20.7 Å². The summed E-state index contributed by atoms with van der Waals surface area (Å²) >= 11 is 0. The third-order valence-corrected chi connectivity index (χ3v) is 4.20. The van der Waals surface area contributed by atoms with Crippen molar-refractivity contribution in [3.8, 4) is 0 Å². The predicted molar refractivity (Wildman–Crippen MR) is 126 cm³/mol. The average molecular weight is 438 g/mol. The Kier molecular flexibility index (Phi) is 9.01. The minimum atomic E-state index is -0.574. The van der Waals surface area contributed by atoms with Crippen molar-refractivity contribution in [3.05, 3.63) is 71.3 Å². The fourth-order valence-electron chi connectivity index (χ4n) is 2.72. The van der Waals surface area contributed by atoms with Gasteiger partial charge in [0.2, 0.25) is 11.8 Å². The number of benzene rings is 2. The van der Waals surface area contributed by atoms with E-state index in [1.54, 1.807) is 39.0 Å². The van der Waals surface area contributed by atoms with Crippen molar-refractivity contribution in [2.24, 2.45) is 0 Å². The molecule has 0 saturated heterocycles. The lowest BCUT2D eigenvalue weighted by atomic mass is 10.1. The van der Waals surface area contributed by atoms with Crippen LogP contribution < -0.4 is 16.0 Å². The lowest BCUT2D eigenvalue weighted by molar-refractivity contribution is -0.121. The van der Waals surface area contributed by atoms with Crippen LogP contribution in [0.15, 0.2) is 54.6 Å². The molecule has 0 unspecified atom stereocenters. The molecule has 0 aliphatic heterocycles. The number of carbonyl (C=O) groups is 3. The van der Waals surface area contributed by atoms with Gasteiger partial charge in [-0.2, -0.15) is 0 Å². The Bertz CT molecular complexity index is 960. The molecule has 0 fully saturated rings. The number of hydrogen-bond donors (Lipinski definition) is 3. The molecule has 170 valence electrons. The Morgan fingerprint density at radius 1 is 1.00 bits per heavy atom. The van der Waals surface area contributed by atoms with Gasteiger partial charge in [-0.1, -0.05) is 42.0 Å². The van der Waals surface area contributed by atoms with Crippen molar-refractivity contribution in [2.75, 3.05) is 11.9 Å². The van der Waals surface area contributed by atoms with Gasteiger partial charge >= 0.3 is 6.09 Å². The van der Waals surface area contributed by atoms with Gasteiger partial charge in [0, 0.05) is 31.3 Å². The number of anilines is 1. The number of ether oxygens (including phenoxy) is 1. The van der Waals surface area contributed by atoms with Crippen LogP contribution in [0.2, 0.25) is 0 Å². The van der Waals surface area contributed by atoms with Gasteiger partial charge in [0.15, 0.2) is 0 Å². The SMILES string of the molecule is Cc1cccc(/C=C/C(=O)Nc2ccc(CNC(=O)CCNC(=O)OC(C)(C)C)cc2)c1. The highest BCUT2D eigenvalue weighted by Crippen LogP contribution is 2.11. The maximum Gasteiger partial charge on any atom is 0.407 e. The van der Waals surface area contributed by atoms with E-state index in [4.69, 9.17) is 4.74 Å². The van der Waals surface area contributed by atoms with E-state index in [0.717, 1.165) is 16.7 Å². The molecule has 2 rings (SSSR count). The van der Waals surface area contributed by atoms with Crippen molar-refractivity contribution in [2.45, 2.75) is 46.3 Å². The molecule has 0 aromatic heterocycles. The largest absolute Gasteiger partial charge is 0.444 e.